The first-order chi connectivity index (χ1) is 12.0. The molecule has 6 heteroatoms. The van der Waals surface area contributed by atoms with Gasteiger partial charge in [-0.25, -0.2) is 4.79 Å². The molecule has 2 N–H and O–H groups in total. The van der Waals surface area contributed by atoms with Gasteiger partial charge in [0.2, 0.25) is 0 Å². The van der Waals surface area contributed by atoms with Crippen molar-refractivity contribution in [2.75, 3.05) is 13.7 Å². The van der Waals surface area contributed by atoms with E-state index in [0.29, 0.717) is 5.75 Å². The minimum atomic E-state index is -0.993. The fourth-order valence-corrected chi connectivity index (χ4v) is 2.45. The van der Waals surface area contributed by atoms with E-state index in [4.69, 9.17) is 14.6 Å². The number of carbonyl (C=O) groups excluding carboxylic acids is 1. The van der Waals surface area contributed by atoms with Crippen LogP contribution in [-0.2, 0) is 20.7 Å². The summed E-state index contributed by atoms with van der Waals surface area (Å²) in [6, 6.07) is 7.14. The minimum Gasteiger partial charge on any atom is -0.484 e. The first-order valence-electron chi connectivity index (χ1n) is 8.73. The number of ether oxygens (including phenoxy) is 2. The summed E-state index contributed by atoms with van der Waals surface area (Å²) in [6.45, 7) is 4.11. The average Bonchev–Trinajstić information content (AvgIpc) is 2.58. The lowest BCUT2D eigenvalue weighted by atomic mass is 10.1. The van der Waals surface area contributed by atoms with Crippen LogP contribution in [0.1, 0.15) is 45.1 Å². The summed E-state index contributed by atoms with van der Waals surface area (Å²) < 4.78 is 10.4. The van der Waals surface area contributed by atoms with Crippen molar-refractivity contribution in [1.82, 2.24) is 5.32 Å². The van der Waals surface area contributed by atoms with Gasteiger partial charge in [-0.05, 0) is 31.0 Å². The molecule has 0 radical (unpaired) electrons. The third kappa shape index (κ3) is 8.54. The quantitative estimate of drug-likeness (QED) is 0.566. The Labute approximate surface area is 149 Å². The second kappa shape index (κ2) is 11.5. The standard InChI is InChI=1S/C19H29NO5/c1-4-5-6-7-14(2)20-18(21)13-25-16-10-8-15(9-11-16)12-17(24-3)19(22)23/h8-11,14,17H,4-7,12-13H2,1-3H3,(H,20,21)(H,22,23). The van der Waals surface area contributed by atoms with E-state index in [1.165, 1.54) is 13.5 Å². The summed E-state index contributed by atoms with van der Waals surface area (Å²) in [7, 11) is 1.37. The van der Waals surface area contributed by atoms with Crippen LogP contribution in [0.3, 0.4) is 0 Å². The monoisotopic (exact) mass is 351 g/mol. The lowest BCUT2D eigenvalue weighted by molar-refractivity contribution is -0.148. The predicted octanol–water partition coefficient (Wildman–Crippen LogP) is 2.79. The zero-order valence-electron chi connectivity index (χ0n) is 15.3. The van der Waals surface area contributed by atoms with Crippen molar-refractivity contribution in [2.24, 2.45) is 0 Å². The molecule has 1 aromatic carbocycles. The SMILES string of the molecule is CCCCCC(C)NC(=O)COc1ccc(CC(OC)C(=O)O)cc1. The Morgan fingerprint density at radius 3 is 2.44 bits per heavy atom. The molecule has 1 rings (SSSR count). The second-order valence-corrected chi connectivity index (χ2v) is 6.16. The van der Waals surface area contributed by atoms with Gasteiger partial charge in [-0.1, -0.05) is 38.3 Å². The number of hydrogen-bond acceptors (Lipinski definition) is 4. The molecular formula is C19H29NO5. The van der Waals surface area contributed by atoms with Crippen molar-refractivity contribution < 1.29 is 24.2 Å². The van der Waals surface area contributed by atoms with Gasteiger partial charge in [-0.3, -0.25) is 4.79 Å². The van der Waals surface area contributed by atoms with Crippen LogP contribution in [0.2, 0.25) is 0 Å². The molecule has 2 unspecified atom stereocenters. The lowest BCUT2D eigenvalue weighted by Gasteiger charge is -2.14. The van der Waals surface area contributed by atoms with Crippen LogP contribution >= 0.6 is 0 Å². The van der Waals surface area contributed by atoms with Crippen molar-refractivity contribution in [3.8, 4) is 5.75 Å². The maximum absolute atomic E-state index is 11.9. The van der Waals surface area contributed by atoms with Crippen LogP contribution < -0.4 is 10.1 Å². The van der Waals surface area contributed by atoms with E-state index >= 15 is 0 Å². The zero-order valence-corrected chi connectivity index (χ0v) is 15.3. The smallest absolute Gasteiger partial charge is 0.333 e. The number of benzene rings is 1. The largest absolute Gasteiger partial charge is 0.484 e. The number of amides is 1. The highest BCUT2D eigenvalue weighted by Gasteiger charge is 2.16. The van der Waals surface area contributed by atoms with Gasteiger partial charge in [0.15, 0.2) is 12.7 Å². The zero-order chi connectivity index (χ0) is 18.7. The molecule has 6 nitrogen and oxygen atoms in total. The molecule has 0 aliphatic rings. The van der Waals surface area contributed by atoms with Gasteiger partial charge in [-0.2, -0.15) is 0 Å². The van der Waals surface area contributed by atoms with E-state index in [-0.39, 0.29) is 25.0 Å². The molecule has 0 bridgehead atoms. The van der Waals surface area contributed by atoms with Gasteiger partial charge >= 0.3 is 5.97 Å². The molecule has 0 aliphatic carbocycles. The van der Waals surface area contributed by atoms with E-state index in [2.05, 4.69) is 12.2 Å². The Hall–Kier alpha value is -2.08. The third-order valence-electron chi connectivity index (χ3n) is 3.92. The molecule has 140 valence electrons. The molecule has 2 atom stereocenters. The van der Waals surface area contributed by atoms with E-state index in [9.17, 15) is 9.59 Å². The summed E-state index contributed by atoms with van der Waals surface area (Å²) in [4.78, 5) is 22.8. The fraction of sp³-hybridized carbons (Fsp3) is 0.579. The van der Waals surface area contributed by atoms with Crippen molar-refractivity contribution in [1.29, 1.82) is 0 Å². The number of carbonyl (C=O) groups is 2. The second-order valence-electron chi connectivity index (χ2n) is 6.16. The maximum Gasteiger partial charge on any atom is 0.333 e. The number of carboxylic acid groups (broad SMARTS) is 1. The highest BCUT2D eigenvalue weighted by molar-refractivity contribution is 5.77. The number of nitrogens with one attached hydrogen (secondary N) is 1. The minimum absolute atomic E-state index is 0.0344. The van der Waals surface area contributed by atoms with E-state index in [0.717, 1.165) is 24.8 Å². The lowest BCUT2D eigenvalue weighted by Crippen LogP contribution is -2.36. The maximum atomic E-state index is 11.9. The van der Waals surface area contributed by atoms with Crippen LogP contribution in [0.15, 0.2) is 24.3 Å². The van der Waals surface area contributed by atoms with E-state index < -0.39 is 12.1 Å². The molecule has 25 heavy (non-hydrogen) atoms. The Morgan fingerprint density at radius 1 is 1.20 bits per heavy atom. The molecule has 0 aromatic heterocycles. The van der Waals surface area contributed by atoms with Gasteiger partial charge in [-0.15, -0.1) is 0 Å². The number of unbranched alkanes of at least 4 members (excludes halogenated alkanes) is 2. The van der Waals surface area contributed by atoms with Crippen LogP contribution in [-0.4, -0.2) is 42.8 Å². The van der Waals surface area contributed by atoms with Crippen molar-refractivity contribution >= 4 is 11.9 Å². The highest BCUT2D eigenvalue weighted by Crippen LogP contribution is 2.14. The first kappa shape index (κ1) is 21.0. The number of methoxy groups -OCH3 is 1. The molecule has 0 heterocycles. The predicted molar refractivity (Wildman–Crippen MR) is 95.8 cm³/mol. The highest BCUT2D eigenvalue weighted by atomic mass is 16.5. The summed E-state index contributed by atoms with van der Waals surface area (Å²) >= 11 is 0. The van der Waals surface area contributed by atoms with Gasteiger partial charge in [0.25, 0.3) is 5.91 Å². The van der Waals surface area contributed by atoms with E-state index in [1.54, 1.807) is 24.3 Å². The van der Waals surface area contributed by atoms with Gasteiger partial charge in [0, 0.05) is 19.6 Å². The van der Waals surface area contributed by atoms with Gasteiger partial charge in [0.05, 0.1) is 0 Å². The molecule has 0 saturated carbocycles. The topological polar surface area (TPSA) is 84.9 Å². The first-order valence-corrected chi connectivity index (χ1v) is 8.73. The molecule has 1 amide bonds. The van der Waals surface area contributed by atoms with Crippen LogP contribution in [0, 0.1) is 0 Å². The fourth-order valence-electron chi connectivity index (χ4n) is 2.45. The molecule has 0 aliphatic heterocycles. The van der Waals surface area contributed by atoms with Crippen LogP contribution in [0.4, 0.5) is 0 Å². The summed E-state index contributed by atoms with van der Waals surface area (Å²) in [5.41, 5.74) is 0.829. The summed E-state index contributed by atoms with van der Waals surface area (Å²) in [6.07, 6.45) is 3.83. The van der Waals surface area contributed by atoms with Gasteiger partial charge < -0.3 is 19.9 Å². The number of hydrogen-bond donors (Lipinski definition) is 2. The number of rotatable bonds is 12. The average molecular weight is 351 g/mol. The third-order valence-corrected chi connectivity index (χ3v) is 3.92. The van der Waals surface area contributed by atoms with Crippen LogP contribution in [0.25, 0.3) is 0 Å². The Bertz CT molecular complexity index is 529. The van der Waals surface area contributed by atoms with Crippen molar-refractivity contribution in [3.05, 3.63) is 29.8 Å². The van der Waals surface area contributed by atoms with Crippen molar-refractivity contribution in [3.63, 3.8) is 0 Å². The molecule has 0 fully saturated rings. The molecule has 0 saturated heterocycles. The normalized spacial score (nSPS) is 13.1. The summed E-state index contributed by atoms with van der Waals surface area (Å²) in [5, 5.41) is 11.9. The summed E-state index contributed by atoms with van der Waals surface area (Å²) in [5.74, 6) is -0.562. The molecule has 0 spiro atoms. The van der Waals surface area contributed by atoms with Crippen molar-refractivity contribution in [2.45, 2.75) is 58.1 Å². The Balaban J connectivity index is 2.37. The van der Waals surface area contributed by atoms with Gasteiger partial charge in [0.1, 0.15) is 5.75 Å². The van der Waals surface area contributed by atoms with Crippen LogP contribution in [0.5, 0.6) is 5.75 Å². The van der Waals surface area contributed by atoms with E-state index in [1.807, 2.05) is 6.92 Å². The number of aliphatic carboxylic acids is 1. The number of carboxylic acids is 1. The Kier molecular flexibility index (Phi) is 9.62. The Morgan fingerprint density at radius 2 is 1.88 bits per heavy atom. The molecule has 1 aromatic rings. The molecular weight excluding hydrogens is 322 g/mol.